The molecule has 0 spiro atoms. The highest BCUT2D eigenvalue weighted by molar-refractivity contribution is 7.92. The highest BCUT2D eigenvalue weighted by Gasteiger charge is 2.13. The predicted octanol–water partition coefficient (Wildman–Crippen LogP) is 4.30. The van der Waals surface area contributed by atoms with Gasteiger partial charge < -0.3 is 0 Å². The van der Waals surface area contributed by atoms with E-state index >= 15 is 0 Å². The monoisotopic (exact) mass is 267 g/mol. The molecule has 0 unspecified atom stereocenters. The minimum Gasteiger partial charge on any atom is -0.245 e. The van der Waals surface area contributed by atoms with E-state index in [1.165, 1.54) is 0 Å². The molecule has 94 valence electrons. The van der Waals surface area contributed by atoms with Gasteiger partial charge in [-0.3, -0.25) is 0 Å². The Kier molecular flexibility index (Phi) is 2.84. The zero-order valence-corrected chi connectivity index (χ0v) is 11.1. The lowest BCUT2D eigenvalue weighted by molar-refractivity contribution is 0.675. The highest BCUT2D eigenvalue weighted by atomic mass is 32.2. The Bertz CT molecular complexity index is 824. The Morgan fingerprint density at radius 2 is 1.32 bits per heavy atom. The van der Waals surface area contributed by atoms with Crippen LogP contribution in [0.1, 0.15) is 0 Å². The van der Waals surface area contributed by atoms with E-state index in [0.717, 1.165) is 10.8 Å². The van der Waals surface area contributed by atoms with Crippen LogP contribution in [0.2, 0.25) is 0 Å². The fourth-order valence-corrected chi connectivity index (χ4v) is 3.46. The standard InChI is InChI=1S/C16H13NOS/c17-19(18,15-8-2-1-3-9-15)16-11-10-13-6-4-5-7-14(13)12-16/h1-12,17H/t19-/m0/s1. The molecule has 0 aliphatic rings. The van der Waals surface area contributed by atoms with E-state index in [1.54, 1.807) is 18.2 Å². The van der Waals surface area contributed by atoms with Crippen molar-refractivity contribution in [1.29, 1.82) is 4.78 Å². The molecule has 1 N–H and O–H groups in total. The first-order chi connectivity index (χ1) is 9.18. The zero-order valence-electron chi connectivity index (χ0n) is 10.2. The minimum atomic E-state index is -2.93. The number of benzene rings is 3. The molecule has 3 aromatic rings. The molecule has 0 aliphatic heterocycles. The molecule has 0 saturated heterocycles. The molecule has 3 rings (SSSR count). The van der Waals surface area contributed by atoms with Crippen molar-refractivity contribution in [3.63, 3.8) is 0 Å². The normalized spacial score (nSPS) is 14.1. The van der Waals surface area contributed by atoms with Crippen LogP contribution in [0.25, 0.3) is 10.8 Å². The second-order valence-electron chi connectivity index (χ2n) is 4.38. The summed E-state index contributed by atoms with van der Waals surface area (Å²) in [6.07, 6.45) is 0. The maximum atomic E-state index is 12.7. The van der Waals surface area contributed by atoms with Crippen molar-refractivity contribution in [2.24, 2.45) is 0 Å². The molecular weight excluding hydrogens is 254 g/mol. The van der Waals surface area contributed by atoms with Crippen LogP contribution in [0.5, 0.6) is 0 Å². The van der Waals surface area contributed by atoms with E-state index in [-0.39, 0.29) is 0 Å². The summed E-state index contributed by atoms with van der Waals surface area (Å²) in [6.45, 7) is 0. The smallest absolute Gasteiger partial charge is 0.101 e. The van der Waals surface area contributed by atoms with Gasteiger partial charge in [-0.1, -0.05) is 48.5 Å². The van der Waals surface area contributed by atoms with Gasteiger partial charge in [-0.2, -0.15) is 0 Å². The van der Waals surface area contributed by atoms with E-state index < -0.39 is 9.73 Å². The van der Waals surface area contributed by atoms with E-state index in [0.29, 0.717) is 9.79 Å². The SMILES string of the molecule is N=[S@](=O)(c1ccccc1)c1ccc2ccccc2c1. The summed E-state index contributed by atoms with van der Waals surface area (Å²) in [6, 6.07) is 22.4. The van der Waals surface area contributed by atoms with Crippen LogP contribution in [0.15, 0.2) is 82.6 Å². The Hall–Kier alpha value is -2.13. The molecule has 0 bridgehead atoms. The summed E-state index contributed by atoms with van der Waals surface area (Å²) >= 11 is 0. The fourth-order valence-electron chi connectivity index (χ4n) is 2.09. The van der Waals surface area contributed by atoms with Crippen molar-refractivity contribution in [1.82, 2.24) is 0 Å². The lowest BCUT2D eigenvalue weighted by Gasteiger charge is -2.08. The van der Waals surface area contributed by atoms with Crippen LogP contribution in [0.4, 0.5) is 0 Å². The first-order valence-electron chi connectivity index (χ1n) is 6.01. The van der Waals surface area contributed by atoms with Crippen LogP contribution in [0.3, 0.4) is 0 Å². The van der Waals surface area contributed by atoms with Crippen LogP contribution >= 0.6 is 0 Å². The van der Waals surface area contributed by atoms with E-state index in [4.69, 9.17) is 4.78 Å². The largest absolute Gasteiger partial charge is 0.245 e. The van der Waals surface area contributed by atoms with Gasteiger partial charge in [-0.25, -0.2) is 8.99 Å². The van der Waals surface area contributed by atoms with Gasteiger partial charge in [-0.05, 0) is 35.0 Å². The number of fused-ring (bicyclic) bond motifs is 1. The lowest BCUT2D eigenvalue weighted by atomic mass is 10.1. The molecule has 2 nitrogen and oxygen atoms in total. The van der Waals surface area contributed by atoms with Crippen LogP contribution in [-0.4, -0.2) is 4.21 Å². The van der Waals surface area contributed by atoms with E-state index in [1.807, 2.05) is 54.6 Å². The topological polar surface area (TPSA) is 40.9 Å². The Morgan fingerprint density at radius 1 is 0.684 bits per heavy atom. The van der Waals surface area contributed by atoms with Gasteiger partial charge in [-0.15, -0.1) is 0 Å². The molecule has 0 amide bonds. The first kappa shape index (κ1) is 11.9. The Labute approximate surface area is 112 Å². The summed E-state index contributed by atoms with van der Waals surface area (Å²) in [5.41, 5.74) is 0. The molecule has 0 radical (unpaired) electrons. The van der Waals surface area contributed by atoms with Gasteiger partial charge >= 0.3 is 0 Å². The second-order valence-corrected chi connectivity index (χ2v) is 6.43. The molecule has 0 saturated carbocycles. The van der Waals surface area contributed by atoms with Crippen molar-refractivity contribution in [2.75, 3.05) is 0 Å². The second kappa shape index (κ2) is 4.52. The molecule has 0 aliphatic carbocycles. The van der Waals surface area contributed by atoms with Crippen molar-refractivity contribution in [3.05, 3.63) is 72.8 Å². The van der Waals surface area contributed by atoms with Crippen molar-refractivity contribution in [2.45, 2.75) is 9.79 Å². The number of hydrogen-bond acceptors (Lipinski definition) is 2. The van der Waals surface area contributed by atoms with Crippen molar-refractivity contribution in [3.8, 4) is 0 Å². The molecule has 1 atom stereocenters. The number of rotatable bonds is 2. The quantitative estimate of drug-likeness (QED) is 0.738. The van der Waals surface area contributed by atoms with Crippen LogP contribution < -0.4 is 0 Å². The molecule has 3 heteroatoms. The summed E-state index contributed by atoms with van der Waals surface area (Å²) in [5.74, 6) is 0. The fraction of sp³-hybridized carbons (Fsp3) is 0. The third kappa shape index (κ3) is 2.13. The lowest BCUT2D eigenvalue weighted by Crippen LogP contribution is -1.99. The molecule has 0 fully saturated rings. The van der Waals surface area contributed by atoms with Gasteiger partial charge in [0.15, 0.2) is 0 Å². The zero-order chi connectivity index (χ0) is 13.3. The molecule has 19 heavy (non-hydrogen) atoms. The molecular formula is C16H13NOS. The summed E-state index contributed by atoms with van der Waals surface area (Å²) in [7, 11) is -2.93. The van der Waals surface area contributed by atoms with Gasteiger partial charge in [0.1, 0.15) is 9.73 Å². The number of hydrogen-bond donors (Lipinski definition) is 1. The van der Waals surface area contributed by atoms with Gasteiger partial charge in [0.2, 0.25) is 0 Å². The molecule has 0 heterocycles. The average Bonchev–Trinajstić information content (AvgIpc) is 2.47. The van der Waals surface area contributed by atoms with E-state index in [2.05, 4.69) is 0 Å². The summed E-state index contributed by atoms with van der Waals surface area (Å²) < 4.78 is 20.9. The minimum absolute atomic E-state index is 0.547. The average molecular weight is 267 g/mol. The third-order valence-corrected chi connectivity index (χ3v) is 4.98. The van der Waals surface area contributed by atoms with Gasteiger partial charge in [0.25, 0.3) is 0 Å². The van der Waals surface area contributed by atoms with Gasteiger partial charge in [0, 0.05) is 0 Å². The third-order valence-electron chi connectivity index (χ3n) is 3.13. The Balaban J connectivity index is 2.19. The van der Waals surface area contributed by atoms with Crippen molar-refractivity contribution >= 4 is 20.5 Å². The summed E-state index contributed by atoms with van der Waals surface area (Å²) in [5, 5.41) is 2.10. The van der Waals surface area contributed by atoms with E-state index in [9.17, 15) is 4.21 Å². The molecule has 0 aromatic heterocycles. The Morgan fingerprint density at radius 3 is 2.05 bits per heavy atom. The first-order valence-corrected chi connectivity index (χ1v) is 7.56. The van der Waals surface area contributed by atoms with Crippen LogP contribution in [-0.2, 0) is 9.73 Å². The van der Waals surface area contributed by atoms with Crippen LogP contribution in [0, 0.1) is 4.78 Å². The number of nitrogens with one attached hydrogen (secondary N) is 1. The maximum absolute atomic E-state index is 12.7. The predicted molar refractivity (Wildman–Crippen MR) is 77.8 cm³/mol. The summed E-state index contributed by atoms with van der Waals surface area (Å²) in [4.78, 5) is 1.10. The highest BCUT2D eigenvalue weighted by Crippen LogP contribution is 2.25. The van der Waals surface area contributed by atoms with Crippen molar-refractivity contribution < 1.29 is 4.21 Å². The molecule has 3 aromatic carbocycles. The van der Waals surface area contributed by atoms with Gasteiger partial charge in [0.05, 0.1) is 9.79 Å². The maximum Gasteiger partial charge on any atom is 0.101 e.